The van der Waals surface area contributed by atoms with Crippen molar-refractivity contribution in [2.24, 2.45) is 0 Å². The molecule has 0 aliphatic carbocycles. The van der Waals surface area contributed by atoms with Crippen molar-refractivity contribution in [2.75, 3.05) is 6.54 Å². The van der Waals surface area contributed by atoms with Crippen molar-refractivity contribution in [3.63, 3.8) is 0 Å². The Labute approximate surface area is 140 Å². The standard InChI is InChI=1S/C18H21NO5/c1-11(21)12-6-7-14-13(9-12)16(19-8-4-5-15(19)22)17(23-10-20)18(2,3)24-14/h6-7,9-10,16-17H,4-5,8H2,1-3H3/t16-,17+/m0/s1. The molecule has 3 rings (SSSR count). The molecule has 0 saturated carbocycles. The first-order valence-electron chi connectivity index (χ1n) is 8.07. The first-order valence-corrected chi connectivity index (χ1v) is 8.07. The van der Waals surface area contributed by atoms with Crippen LogP contribution >= 0.6 is 0 Å². The lowest BCUT2D eigenvalue weighted by molar-refractivity contribution is -0.161. The highest BCUT2D eigenvalue weighted by molar-refractivity contribution is 5.94. The minimum atomic E-state index is -0.792. The molecule has 24 heavy (non-hydrogen) atoms. The van der Waals surface area contributed by atoms with Gasteiger partial charge < -0.3 is 14.4 Å². The second-order valence-corrected chi connectivity index (χ2v) is 6.80. The number of rotatable bonds is 4. The topological polar surface area (TPSA) is 72.9 Å². The number of carbonyl (C=O) groups excluding carboxylic acids is 3. The summed E-state index contributed by atoms with van der Waals surface area (Å²) in [5.74, 6) is 0.568. The molecule has 2 atom stereocenters. The number of hydrogen-bond acceptors (Lipinski definition) is 5. The average Bonchev–Trinajstić information content (AvgIpc) is 2.93. The number of ether oxygens (including phenoxy) is 2. The summed E-state index contributed by atoms with van der Waals surface area (Å²) in [6, 6.07) is 4.74. The van der Waals surface area contributed by atoms with Crippen molar-refractivity contribution in [2.45, 2.75) is 51.4 Å². The third kappa shape index (κ3) is 2.66. The van der Waals surface area contributed by atoms with Gasteiger partial charge in [-0.2, -0.15) is 0 Å². The minimum absolute atomic E-state index is 0.0244. The van der Waals surface area contributed by atoms with Crippen molar-refractivity contribution in [3.8, 4) is 5.75 Å². The van der Waals surface area contributed by atoms with E-state index < -0.39 is 17.7 Å². The molecular weight excluding hydrogens is 310 g/mol. The molecule has 1 aromatic carbocycles. The number of nitrogens with zero attached hydrogens (tertiary/aromatic N) is 1. The third-order valence-corrected chi connectivity index (χ3v) is 4.73. The summed E-state index contributed by atoms with van der Waals surface area (Å²) in [5.41, 5.74) is 0.460. The van der Waals surface area contributed by atoms with Gasteiger partial charge in [0.15, 0.2) is 11.9 Å². The van der Waals surface area contributed by atoms with E-state index in [4.69, 9.17) is 9.47 Å². The Morgan fingerprint density at radius 2 is 2.17 bits per heavy atom. The zero-order chi connectivity index (χ0) is 17.5. The quantitative estimate of drug-likeness (QED) is 0.625. The van der Waals surface area contributed by atoms with Crippen LogP contribution in [0.4, 0.5) is 0 Å². The fraction of sp³-hybridized carbons (Fsp3) is 0.500. The average molecular weight is 331 g/mol. The molecule has 6 nitrogen and oxygen atoms in total. The zero-order valence-electron chi connectivity index (χ0n) is 14.1. The minimum Gasteiger partial charge on any atom is -0.484 e. The molecule has 128 valence electrons. The van der Waals surface area contributed by atoms with Crippen LogP contribution in [-0.4, -0.2) is 41.3 Å². The molecular formula is C18H21NO5. The normalized spacial score (nSPS) is 25.0. The SMILES string of the molecule is CC(=O)c1ccc2c(c1)[C@H](N1CCCC1=O)[C@@H](OC=O)C(C)(C)O2. The summed E-state index contributed by atoms with van der Waals surface area (Å²) < 4.78 is 11.4. The highest BCUT2D eigenvalue weighted by atomic mass is 16.6. The van der Waals surface area contributed by atoms with Crippen molar-refractivity contribution in [1.82, 2.24) is 4.90 Å². The Balaban J connectivity index is 2.15. The van der Waals surface area contributed by atoms with E-state index in [1.807, 2.05) is 13.8 Å². The van der Waals surface area contributed by atoms with Crippen LogP contribution < -0.4 is 4.74 Å². The van der Waals surface area contributed by atoms with Crippen molar-refractivity contribution < 1.29 is 23.9 Å². The Morgan fingerprint density at radius 3 is 2.75 bits per heavy atom. The Hall–Kier alpha value is -2.37. The summed E-state index contributed by atoms with van der Waals surface area (Å²) >= 11 is 0. The van der Waals surface area contributed by atoms with Gasteiger partial charge in [-0.3, -0.25) is 14.4 Å². The van der Waals surface area contributed by atoms with E-state index in [1.54, 1.807) is 23.1 Å². The summed E-state index contributed by atoms with van der Waals surface area (Å²) in [6.45, 7) is 6.14. The molecule has 1 amide bonds. The first-order chi connectivity index (χ1) is 11.3. The van der Waals surface area contributed by atoms with Crippen LogP contribution in [0.3, 0.4) is 0 Å². The summed E-state index contributed by atoms with van der Waals surface area (Å²) in [7, 11) is 0. The van der Waals surface area contributed by atoms with Crippen molar-refractivity contribution >= 4 is 18.2 Å². The van der Waals surface area contributed by atoms with Gasteiger partial charge in [0.1, 0.15) is 17.4 Å². The molecule has 0 N–H and O–H groups in total. The second-order valence-electron chi connectivity index (χ2n) is 6.80. The van der Waals surface area contributed by atoms with Gasteiger partial charge in [-0.05, 0) is 45.4 Å². The predicted molar refractivity (Wildman–Crippen MR) is 85.8 cm³/mol. The molecule has 1 fully saturated rings. The van der Waals surface area contributed by atoms with Gasteiger partial charge in [0, 0.05) is 24.1 Å². The van der Waals surface area contributed by atoms with Crippen LogP contribution in [0.5, 0.6) is 5.75 Å². The number of hydrogen-bond donors (Lipinski definition) is 0. The van der Waals surface area contributed by atoms with Crippen LogP contribution in [0.25, 0.3) is 0 Å². The van der Waals surface area contributed by atoms with Crippen LogP contribution in [0, 0.1) is 0 Å². The van der Waals surface area contributed by atoms with Gasteiger partial charge in [-0.15, -0.1) is 0 Å². The maximum atomic E-state index is 12.3. The number of amides is 1. The maximum absolute atomic E-state index is 12.3. The lowest BCUT2D eigenvalue weighted by atomic mass is 9.84. The van der Waals surface area contributed by atoms with E-state index in [1.165, 1.54) is 6.92 Å². The maximum Gasteiger partial charge on any atom is 0.293 e. The van der Waals surface area contributed by atoms with Crippen molar-refractivity contribution in [1.29, 1.82) is 0 Å². The molecule has 1 aromatic rings. The van der Waals surface area contributed by atoms with E-state index in [9.17, 15) is 14.4 Å². The van der Waals surface area contributed by atoms with E-state index in [-0.39, 0.29) is 11.7 Å². The zero-order valence-corrected chi connectivity index (χ0v) is 14.1. The van der Waals surface area contributed by atoms with E-state index in [0.29, 0.717) is 36.3 Å². The largest absolute Gasteiger partial charge is 0.484 e. The van der Waals surface area contributed by atoms with Crippen LogP contribution in [0.15, 0.2) is 18.2 Å². The number of Topliss-reactive ketones (excluding diaryl/α,β-unsaturated/α-hetero) is 1. The Bertz CT molecular complexity index is 697. The summed E-state index contributed by atoms with van der Waals surface area (Å²) in [6.07, 6.45) is 0.603. The van der Waals surface area contributed by atoms with Gasteiger partial charge >= 0.3 is 0 Å². The molecule has 0 bridgehead atoms. The number of likely N-dealkylation sites (tertiary alicyclic amines) is 1. The van der Waals surface area contributed by atoms with Gasteiger partial charge in [0.2, 0.25) is 5.91 Å². The van der Waals surface area contributed by atoms with E-state index >= 15 is 0 Å². The van der Waals surface area contributed by atoms with E-state index in [0.717, 1.165) is 6.42 Å². The summed E-state index contributed by atoms with van der Waals surface area (Å²) in [5, 5.41) is 0. The molecule has 2 aliphatic heterocycles. The second kappa shape index (κ2) is 5.92. The van der Waals surface area contributed by atoms with E-state index in [2.05, 4.69) is 0 Å². The molecule has 0 radical (unpaired) electrons. The number of carbonyl (C=O) groups is 3. The lowest BCUT2D eigenvalue weighted by Crippen LogP contribution is -2.55. The first kappa shape index (κ1) is 16.5. The van der Waals surface area contributed by atoms with Crippen LogP contribution in [0.1, 0.15) is 55.6 Å². The molecule has 6 heteroatoms. The highest BCUT2D eigenvalue weighted by Crippen LogP contribution is 2.45. The van der Waals surface area contributed by atoms with Gasteiger partial charge in [0.05, 0.1) is 0 Å². The smallest absolute Gasteiger partial charge is 0.293 e. The summed E-state index contributed by atoms with van der Waals surface area (Å²) in [4.78, 5) is 36.9. The molecule has 0 aromatic heterocycles. The predicted octanol–water partition coefficient (Wildman–Crippen LogP) is 2.27. The fourth-order valence-corrected chi connectivity index (χ4v) is 3.57. The molecule has 2 aliphatic rings. The van der Waals surface area contributed by atoms with Gasteiger partial charge in [-0.25, -0.2) is 0 Å². The van der Waals surface area contributed by atoms with Gasteiger partial charge in [-0.1, -0.05) is 0 Å². The fourth-order valence-electron chi connectivity index (χ4n) is 3.57. The van der Waals surface area contributed by atoms with Crippen molar-refractivity contribution in [3.05, 3.63) is 29.3 Å². The number of benzene rings is 1. The number of fused-ring (bicyclic) bond motifs is 1. The Morgan fingerprint density at radius 1 is 1.42 bits per heavy atom. The molecule has 0 unspecified atom stereocenters. The van der Waals surface area contributed by atoms with Gasteiger partial charge in [0.25, 0.3) is 6.47 Å². The highest BCUT2D eigenvalue weighted by Gasteiger charge is 2.50. The molecule has 2 heterocycles. The monoisotopic (exact) mass is 331 g/mol. The lowest BCUT2D eigenvalue weighted by Gasteiger charge is -2.46. The molecule has 0 spiro atoms. The van der Waals surface area contributed by atoms with Crippen LogP contribution in [0.2, 0.25) is 0 Å². The molecule has 1 saturated heterocycles. The Kier molecular flexibility index (Phi) is 4.07. The third-order valence-electron chi connectivity index (χ3n) is 4.73. The number of ketones is 1. The van der Waals surface area contributed by atoms with Crippen LogP contribution in [-0.2, 0) is 14.3 Å².